The number of carbonyl (C=O) groups is 9. The lowest BCUT2D eigenvalue weighted by Gasteiger charge is -2.67. The van der Waals surface area contributed by atoms with E-state index >= 15 is 9.59 Å². The first-order chi connectivity index (χ1) is 37.0. The molecule has 1 aliphatic heterocycles. The number of hydrogen-bond donors (Lipinski definition) is 5. The third kappa shape index (κ3) is 10.7. The Morgan fingerprint density at radius 1 is 0.718 bits per heavy atom. The van der Waals surface area contributed by atoms with Crippen molar-refractivity contribution < 1.29 is 81.8 Å². The van der Waals surface area contributed by atoms with Crippen LogP contribution >= 0.6 is 0 Å². The second-order valence-corrected chi connectivity index (χ2v) is 20.6. The van der Waals surface area contributed by atoms with Crippen molar-refractivity contribution in [2.24, 2.45) is 16.7 Å². The number of fused-ring (bicyclic) bond motifs is 5. The number of ether oxygens (including phenoxy) is 6. The van der Waals surface area contributed by atoms with Gasteiger partial charge in [0, 0.05) is 43.2 Å². The molecule has 3 aliphatic carbocycles. The molecule has 410 valence electrons. The molecule has 20 nitrogen and oxygen atoms in total. The molecular weight excluding hydrogens is 1010 g/mol. The Morgan fingerprint density at radius 3 is 1.83 bits per heavy atom. The van der Waals surface area contributed by atoms with Crippen LogP contribution < -0.4 is 16.0 Å². The summed E-state index contributed by atoms with van der Waals surface area (Å²) in [5, 5.41) is 33.8. The molecule has 78 heavy (non-hydrogen) atoms. The number of nitrogens with one attached hydrogen (secondary N) is 3. The van der Waals surface area contributed by atoms with E-state index in [4.69, 9.17) is 28.4 Å². The first kappa shape index (κ1) is 56.1. The fourth-order valence-electron chi connectivity index (χ4n) is 11.6. The van der Waals surface area contributed by atoms with Crippen LogP contribution in [0.3, 0.4) is 0 Å². The summed E-state index contributed by atoms with van der Waals surface area (Å²) in [5.41, 5.74) is -7.66. The van der Waals surface area contributed by atoms with Gasteiger partial charge in [0.15, 0.2) is 17.5 Å². The fraction of sp³-hybridized carbons (Fsp3) is 0.397. The molecule has 1 unspecified atom stereocenters. The molecule has 5 N–H and O–H groups in total. The van der Waals surface area contributed by atoms with E-state index in [0.717, 1.165) is 13.8 Å². The Bertz CT molecular complexity index is 3010. The monoisotopic (exact) mass is 1070 g/mol. The number of Topliss-reactive ketones (excluding diaryl/α,β-unsaturated/α-hetero) is 1. The Kier molecular flexibility index (Phi) is 16.2. The van der Waals surface area contributed by atoms with Crippen molar-refractivity contribution >= 4 is 53.4 Å². The Labute approximate surface area is 449 Å². The Morgan fingerprint density at radius 2 is 1.28 bits per heavy atom. The summed E-state index contributed by atoms with van der Waals surface area (Å²) in [6.07, 6.45) is -11.3. The zero-order valence-electron chi connectivity index (χ0n) is 43.7. The topological polar surface area (TPSA) is 286 Å². The molecule has 3 fully saturated rings. The molecular formula is C58H61N3O17. The highest BCUT2D eigenvalue weighted by molar-refractivity contribution is 5.98. The predicted octanol–water partition coefficient (Wildman–Crippen LogP) is 3.83. The smallest absolute Gasteiger partial charge is 0.350 e. The maximum Gasteiger partial charge on any atom is 0.350 e. The summed E-state index contributed by atoms with van der Waals surface area (Å²) in [7, 11) is 0. The van der Waals surface area contributed by atoms with Crippen LogP contribution in [0.1, 0.15) is 97.1 Å². The second-order valence-electron chi connectivity index (χ2n) is 20.6. The number of esters is 5. The van der Waals surface area contributed by atoms with E-state index in [1.807, 2.05) is 0 Å². The van der Waals surface area contributed by atoms with E-state index in [9.17, 15) is 43.8 Å². The number of aliphatic hydroxyl groups excluding tert-OH is 1. The minimum Gasteiger partial charge on any atom is -0.455 e. The average molecular weight is 1070 g/mol. The van der Waals surface area contributed by atoms with Gasteiger partial charge in [0.05, 0.1) is 36.2 Å². The average Bonchev–Trinajstić information content (AvgIpc) is 3.56. The first-order valence-corrected chi connectivity index (χ1v) is 25.3. The second kappa shape index (κ2) is 22.5. The summed E-state index contributed by atoms with van der Waals surface area (Å²) in [5.74, 6) is -9.96. The largest absolute Gasteiger partial charge is 0.455 e. The quantitative estimate of drug-likeness (QED) is 0.0605. The van der Waals surface area contributed by atoms with Gasteiger partial charge in [0.25, 0.3) is 11.8 Å². The molecule has 3 amide bonds. The number of ketones is 1. The lowest BCUT2D eigenvalue weighted by Crippen LogP contribution is -2.82. The van der Waals surface area contributed by atoms with Gasteiger partial charge in [-0.25, -0.2) is 9.59 Å². The molecule has 4 aromatic carbocycles. The zero-order chi connectivity index (χ0) is 56.3. The molecule has 4 aromatic rings. The van der Waals surface area contributed by atoms with Crippen molar-refractivity contribution in [3.63, 3.8) is 0 Å². The molecule has 1 saturated heterocycles. The highest BCUT2D eigenvalue weighted by Gasteiger charge is 2.78. The van der Waals surface area contributed by atoms with Gasteiger partial charge >= 0.3 is 29.8 Å². The number of aliphatic hydroxyl groups is 2. The van der Waals surface area contributed by atoms with Crippen LogP contribution in [0.5, 0.6) is 0 Å². The first-order valence-electron chi connectivity index (χ1n) is 25.3. The molecule has 0 radical (unpaired) electrons. The number of amides is 3. The van der Waals surface area contributed by atoms with Crippen LogP contribution in [0.15, 0.2) is 132 Å². The number of rotatable bonds is 16. The zero-order valence-corrected chi connectivity index (χ0v) is 43.7. The standard InChI is InChI=1S/C58H61N3O17/c1-32-39(75-54(71)47(45(35-19-11-7-12-20-35)61-52(69)37-23-15-9-16-24-37)76-43(66)30-59-42(65)29-60-51(68)36-21-13-8-14-22-36)28-58(72)50(77-53(70)38-25-17-10-18-26-38)48-56(6,40(64)27-41-57(48,31-73-41)78-34(3)63)49(67)46(74-33(2)62)44(32)55(58,4)5/h7-26,39-41,45-48,50,64,72H,27-31H2,1-6H3,(H,59,65)(H,60,68)(H,61,69)/t39-,40-,41+,45-,46+,47+,48?,50-,56+,57-,58+/m0/s1. The molecule has 2 bridgehead atoms. The SMILES string of the molecule is CC(=O)O[C@H]1C(=O)[C@@]2(C)C([C@H](OC(=O)c3ccccc3)[C@]3(O)C[C@H](OC(=O)[C@H](OC(=O)CNC(=O)CNC(=O)c4ccccc4)[C@@H](NC(=O)c4ccccc4)c4ccccc4)C(C)=C1C3(C)C)[C@]1(OC(C)=O)CO[C@@H]1C[C@@H]2O. The van der Waals surface area contributed by atoms with Crippen molar-refractivity contribution in [1.82, 2.24) is 16.0 Å². The van der Waals surface area contributed by atoms with E-state index in [1.165, 1.54) is 52.0 Å². The predicted molar refractivity (Wildman–Crippen MR) is 273 cm³/mol. The molecule has 8 rings (SSSR count). The lowest BCUT2D eigenvalue weighted by atomic mass is 9.44. The van der Waals surface area contributed by atoms with Gasteiger partial charge in [-0.1, -0.05) is 98.8 Å². The number of hydrogen-bond acceptors (Lipinski definition) is 17. The van der Waals surface area contributed by atoms with Crippen LogP contribution in [0.2, 0.25) is 0 Å². The summed E-state index contributed by atoms with van der Waals surface area (Å²) < 4.78 is 36.7. The van der Waals surface area contributed by atoms with E-state index < -0.39 is 143 Å². The van der Waals surface area contributed by atoms with Crippen LogP contribution in [0.4, 0.5) is 0 Å². The van der Waals surface area contributed by atoms with E-state index in [-0.39, 0.29) is 46.4 Å². The van der Waals surface area contributed by atoms with Gasteiger partial charge in [0.1, 0.15) is 36.5 Å². The maximum atomic E-state index is 15.8. The Balaban J connectivity index is 1.23. The third-order valence-electron chi connectivity index (χ3n) is 15.6. The van der Waals surface area contributed by atoms with Crippen molar-refractivity contribution in [2.45, 2.75) is 108 Å². The summed E-state index contributed by atoms with van der Waals surface area (Å²) in [6, 6.07) is 30.1. The summed E-state index contributed by atoms with van der Waals surface area (Å²) >= 11 is 0. The molecule has 1 heterocycles. The molecule has 11 atom stereocenters. The van der Waals surface area contributed by atoms with E-state index in [1.54, 1.807) is 97.1 Å². The van der Waals surface area contributed by atoms with Gasteiger partial charge in [-0.2, -0.15) is 0 Å². The van der Waals surface area contributed by atoms with Crippen molar-refractivity contribution in [2.75, 3.05) is 19.7 Å². The lowest BCUT2D eigenvalue weighted by molar-refractivity contribution is -0.346. The number of benzene rings is 4. The van der Waals surface area contributed by atoms with Crippen LogP contribution in [0.25, 0.3) is 0 Å². The summed E-state index contributed by atoms with van der Waals surface area (Å²) in [4.78, 5) is 126. The van der Waals surface area contributed by atoms with Crippen LogP contribution in [-0.2, 0) is 57.2 Å². The maximum absolute atomic E-state index is 15.8. The minimum atomic E-state index is -2.53. The highest BCUT2D eigenvalue weighted by Crippen LogP contribution is 2.64. The van der Waals surface area contributed by atoms with E-state index in [0.29, 0.717) is 0 Å². The van der Waals surface area contributed by atoms with Crippen molar-refractivity contribution in [3.8, 4) is 0 Å². The van der Waals surface area contributed by atoms with E-state index in [2.05, 4.69) is 16.0 Å². The van der Waals surface area contributed by atoms with Gasteiger partial charge < -0.3 is 54.6 Å². The van der Waals surface area contributed by atoms with Crippen LogP contribution in [0, 0.1) is 16.7 Å². The third-order valence-corrected chi connectivity index (χ3v) is 15.6. The summed E-state index contributed by atoms with van der Waals surface area (Å²) in [6.45, 7) is 6.27. The van der Waals surface area contributed by atoms with Gasteiger partial charge in [-0.05, 0) is 67.0 Å². The van der Waals surface area contributed by atoms with Crippen molar-refractivity contribution in [1.29, 1.82) is 0 Å². The van der Waals surface area contributed by atoms with Gasteiger partial charge in [-0.15, -0.1) is 0 Å². The molecule has 2 saturated carbocycles. The fourth-order valence-corrected chi connectivity index (χ4v) is 11.6. The van der Waals surface area contributed by atoms with Gasteiger partial charge in [0.2, 0.25) is 12.0 Å². The Hall–Kier alpha value is -8.07. The van der Waals surface area contributed by atoms with Crippen molar-refractivity contribution in [3.05, 3.63) is 155 Å². The van der Waals surface area contributed by atoms with Crippen LogP contribution in [-0.4, -0.2) is 131 Å². The minimum absolute atomic E-state index is 0.0131. The number of carbonyl (C=O) groups excluding carboxylic acids is 9. The molecule has 0 aromatic heterocycles. The van der Waals surface area contributed by atoms with Gasteiger partial charge in [-0.3, -0.25) is 33.6 Å². The highest BCUT2D eigenvalue weighted by atomic mass is 16.6. The molecule has 4 aliphatic rings. The molecule has 0 spiro atoms. The normalized spacial score (nSPS) is 27.4. The molecule has 20 heteroatoms.